The van der Waals surface area contributed by atoms with E-state index in [0.29, 0.717) is 12.1 Å². The summed E-state index contributed by atoms with van der Waals surface area (Å²) in [4.78, 5) is 23.7. The molecule has 1 N–H and O–H groups in total. The molecule has 2 aromatic rings. The number of nitrogens with zero attached hydrogens (tertiary/aromatic N) is 2. The maximum atomic E-state index is 13.1. The highest BCUT2D eigenvalue weighted by molar-refractivity contribution is 5.91. The summed E-state index contributed by atoms with van der Waals surface area (Å²) >= 11 is 0. The van der Waals surface area contributed by atoms with E-state index in [2.05, 4.69) is 10.4 Å². The quantitative estimate of drug-likeness (QED) is 0.889. The highest BCUT2D eigenvalue weighted by Gasteiger charge is 2.09. The second-order valence-electron chi connectivity index (χ2n) is 4.95. The number of benzene rings is 1. The molecule has 0 atom stereocenters. The first kappa shape index (κ1) is 15.9. The molecule has 0 aliphatic carbocycles. The Morgan fingerprint density at radius 3 is 2.86 bits per heavy atom. The number of aryl methyl sites for hydroxylation is 1. The van der Waals surface area contributed by atoms with Crippen LogP contribution in [-0.2, 0) is 13.1 Å². The van der Waals surface area contributed by atoms with Crippen LogP contribution in [0.4, 0.5) is 4.39 Å². The normalized spacial score (nSPS) is 10.5. The predicted octanol–water partition coefficient (Wildman–Crippen LogP) is 2.11. The van der Waals surface area contributed by atoms with Crippen molar-refractivity contribution in [2.24, 2.45) is 0 Å². The Morgan fingerprint density at radius 2 is 2.14 bits per heavy atom. The summed E-state index contributed by atoms with van der Waals surface area (Å²) in [6, 6.07) is 8.73. The van der Waals surface area contributed by atoms with E-state index < -0.39 is 5.91 Å². The zero-order valence-electron chi connectivity index (χ0n) is 12.4. The van der Waals surface area contributed by atoms with Crippen LogP contribution in [0.5, 0.6) is 0 Å². The van der Waals surface area contributed by atoms with Gasteiger partial charge >= 0.3 is 0 Å². The molecule has 1 aromatic heterocycles. The Hall–Kier alpha value is -2.50. The number of rotatable bonds is 6. The van der Waals surface area contributed by atoms with Gasteiger partial charge in [0.2, 0.25) is 0 Å². The van der Waals surface area contributed by atoms with Gasteiger partial charge in [-0.3, -0.25) is 9.59 Å². The highest BCUT2D eigenvalue weighted by Crippen LogP contribution is 2.03. The van der Waals surface area contributed by atoms with E-state index in [9.17, 15) is 14.0 Å². The van der Waals surface area contributed by atoms with Crippen molar-refractivity contribution >= 4 is 5.91 Å². The SMILES string of the molecule is CCCCn1nc(C(=O)NCc2cccc(F)c2)ccc1=O. The molecule has 0 fully saturated rings. The number of unbranched alkanes of at least 4 members (excludes halogenated alkanes) is 1. The van der Waals surface area contributed by atoms with Crippen molar-refractivity contribution in [3.63, 3.8) is 0 Å². The molecule has 1 aromatic carbocycles. The van der Waals surface area contributed by atoms with Crippen LogP contribution in [0.15, 0.2) is 41.2 Å². The van der Waals surface area contributed by atoms with Crippen molar-refractivity contribution in [3.05, 3.63) is 63.8 Å². The first-order valence-electron chi connectivity index (χ1n) is 7.21. The van der Waals surface area contributed by atoms with Gasteiger partial charge in [0, 0.05) is 19.2 Å². The molecule has 0 saturated heterocycles. The smallest absolute Gasteiger partial charge is 0.271 e. The van der Waals surface area contributed by atoms with Gasteiger partial charge in [-0.15, -0.1) is 0 Å². The minimum Gasteiger partial charge on any atom is -0.347 e. The fourth-order valence-electron chi connectivity index (χ4n) is 1.96. The highest BCUT2D eigenvalue weighted by atomic mass is 19.1. The number of hydrogen-bond acceptors (Lipinski definition) is 3. The van der Waals surface area contributed by atoms with Gasteiger partial charge in [-0.05, 0) is 30.2 Å². The van der Waals surface area contributed by atoms with Crippen molar-refractivity contribution in [2.45, 2.75) is 32.9 Å². The summed E-state index contributed by atoms with van der Waals surface area (Å²) < 4.78 is 14.4. The molecule has 0 bridgehead atoms. The molecule has 2 rings (SSSR count). The molecule has 22 heavy (non-hydrogen) atoms. The Labute approximate surface area is 127 Å². The summed E-state index contributed by atoms with van der Waals surface area (Å²) in [6.07, 6.45) is 1.76. The van der Waals surface area contributed by atoms with E-state index in [-0.39, 0.29) is 23.6 Å². The molecule has 0 aliphatic rings. The monoisotopic (exact) mass is 303 g/mol. The third-order valence-electron chi connectivity index (χ3n) is 3.16. The Morgan fingerprint density at radius 1 is 1.32 bits per heavy atom. The molecule has 1 heterocycles. The van der Waals surface area contributed by atoms with Crippen LogP contribution < -0.4 is 10.9 Å². The maximum Gasteiger partial charge on any atom is 0.271 e. The van der Waals surface area contributed by atoms with Crippen molar-refractivity contribution in [3.8, 4) is 0 Å². The van der Waals surface area contributed by atoms with Gasteiger partial charge in [-0.2, -0.15) is 5.10 Å². The third-order valence-corrected chi connectivity index (χ3v) is 3.16. The number of amides is 1. The first-order valence-corrected chi connectivity index (χ1v) is 7.21. The van der Waals surface area contributed by atoms with Crippen LogP contribution >= 0.6 is 0 Å². The molecular formula is C16H18FN3O2. The van der Waals surface area contributed by atoms with Gasteiger partial charge in [0.15, 0.2) is 0 Å². The Balaban J connectivity index is 2.04. The molecule has 0 saturated carbocycles. The molecule has 0 aliphatic heterocycles. The predicted molar refractivity (Wildman–Crippen MR) is 81.0 cm³/mol. The van der Waals surface area contributed by atoms with E-state index in [1.165, 1.54) is 28.9 Å². The molecule has 0 radical (unpaired) electrons. The topological polar surface area (TPSA) is 64.0 Å². The summed E-state index contributed by atoms with van der Waals surface area (Å²) in [5, 5.41) is 6.72. The Kier molecular flexibility index (Phi) is 5.41. The second kappa shape index (κ2) is 7.49. The molecule has 0 spiro atoms. The zero-order chi connectivity index (χ0) is 15.9. The third kappa shape index (κ3) is 4.25. The van der Waals surface area contributed by atoms with Gasteiger partial charge in [-0.1, -0.05) is 25.5 Å². The summed E-state index contributed by atoms with van der Waals surface area (Å²) in [5.74, 6) is -0.743. The van der Waals surface area contributed by atoms with Crippen molar-refractivity contribution < 1.29 is 9.18 Å². The first-order chi connectivity index (χ1) is 10.6. The van der Waals surface area contributed by atoms with Crippen molar-refractivity contribution in [1.29, 1.82) is 0 Å². The van der Waals surface area contributed by atoms with Crippen molar-refractivity contribution in [2.75, 3.05) is 0 Å². The molecule has 5 nitrogen and oxygen atoms in total. The fourth-order valence-corrected chi connectivity index (χ4v) is 1.96. The lowest BCUT2D eigenvalue weighted by molar-refractivity contribution is 0.0943. The second-order valence-corrected chi connectivity index (χ2v) is 4.95. The van der Waals surface area contributed by atoms with Gasteiger partial charge in [-0.25, -0.2) is 9.07 Å². The van der Waals surface area contributed by atoms with E-state index in [0.717, 1.165) is 12.8 Å². The van der Waals surface area contributed by atoms with Crippen LogP contribution in [0.25, 0.3) is 0 Å². The van der Waals surface area contributed by atoms with Gasteiger partial charge < -0.3 is 5.32 Å². The van der Waals surface area contributed by atoms with E-state index in [1.807, 2.05) is 6.92 Å². The van der Waals surface area contributed by atoms with Crippen LogP contribution in [-0.4, -0.2) is 15.7 Å². The van der Waals surface area contributed by atoms with Crippen LogP contribution in [0.2, 0.25) is 0 Å². The molecule has 0 unspecified atom stereocenters. The lowest BCUT2D eigenvalue weighted by Gasteiger charge is -2.07. The minimum absolute atomic E-state index is 0.173. The number of hydrogen-bond donors (Lipinski definition) is 1. The lowest BCUT2D eigenvalue weighted by atomic mass is 10.2. The average Bonchev–Trinajstić information content (AvgIpc) is 2.52. The largest absolute Gasteiger partial charge is 0.347 e. The van der Waals surface area contributed by atoms with Gasteiger partial charge in [0.05, 0.1) is 0 Å². The Bertz CT molecular complexity index is 713. The van der Waals surface area contributed by atoms with E-state index >= 15 is 0 Å². The minimum atomic E-state index is -0.394. The summed E-state index contributed by atoms with van der Waals surface area (Å²) in [7, 11) is 0. The van der Waals surface area contributed by atoms with Crippen LogP contribution in [0, 0.1) is 5.82 Å². The zero-order valence-corrected chi connectivity index (χ0v) is 12.4. The van der Waals surface area contributed by atoms with E-state index in [4.69, 9.17) is 0 Å². The van der Waals surface area contributed by atoms with Crippen LogP contribution in [0.3, 0.4) is 0 Å². The molecular weight excluding hydrogens is 285 g/mol. The number of halogens is 1. The van der Waals surface area contributed by atoms with Crippen LogP contribution in [0.1, 0.15) is 35.8 Å². The number of nitrogens with one attached hydrogen (secondary N) is 1. The number of carbonyl (C=O) groups is 1. The van der Waals surface area contributed by atoms with Gasteiger partial charge in [0.1, 0.15) is 11.5 Å². The van der Waals surface area contributed by atoms with Gasteiger partial charge in [0.25, 0.3) is 11.5 Å². The molecule has 6 heteroatoms. The van der Waals surface area contributed by atoms with E-state index in [1.54, 1.807) is 12.1 Å². The van der Waals surface area contributed by atoms with Crippen molar-refractivity contribution in [1.82, 2.24) is 15.1 Å². The summed E-state index contributed by atoms with van der Waals surface area (Å²) in [6.45, 7) is 2.70. The molecule has 1 amide bonds. The standard InChI is InChI=1S/C16H18FN3O2/c1-2-3-9-20-15(21)8-7-14(19-20)16(22)18-11-12-5-4-6-13(17)10-12/h4-8,10H,2-3,9,11H2,1H3,(H,18,22). The fraction of sp³-hybridized carbons (Fsp3) is 0.312. The number of aromatic nitrogens is 2. The molecule has 116 valence electrons. The maximum absolute atomic E-state index is 13.1. The summed E-state index contributed by atoms with van der Waals surface area (Å²) in [5.41, 5.74) is 0.606. The average molecular weight is 303 g/mol. The lowest BCUT2D eigenvalue weighted by Crippen LogP contribution is -2.29. The number of carbonyl (C=O) groups excluding carboxylic acids is 1.